The van der Waals surface area contributed by atoms with Gasteiger partial charge in [-0.1, -0.05) is 22.0 Å². The zero-order valence-electron chi connectivity index (χ0n) is 13.8. The second-order valence-corrected chi connectivity index (χ2v) is 7.43. The molecule has 1 aromatic carbocycles. The molecule has 0 aliphatic carbocycles. The number of aliphatic imine (C=N–C) groups is 1. The molecule has 1 amide bonds. The third kappa shape index (κ3) is 3.18. The number of carbonyl (C=O) groups is 1. The van der Waals surface area contributed by atoms with Crippen LogP contribution >= 0.6 is 27.3 Å². The topological polar surface area (TPSA) is 66.0 Å². The Morgan fingerprint density at radius 1 is 1.31 bits per heavy atom. The second kappa shape index (κ2) is 7.06. The van der Waals surface area contributed by atoms with Crippen LogP contribution in [0, 0.1) is 0 Å². The van der Waals surface area contributed by atoms with Crippen molar-refractivity contribution in [2.75, 3.05) is 7.11 Å². The fraction of sp³-hybridized carbons (Fsp3) is 0.111. The number of hydrogen-bond donors (Lipinski definition) is 2. The Labute approximate surface area is 163 Å². The lowest BCUT2D eigenvalue weighted by Gasteiger charge is -2.26. The van der Waals surface area contributed by atoms with Crippen LogP contribution in [0.3, 0.4) is 0 Å². The zero-order chi connectivity index (χ0) is 18.1. The van der Waals surface area contributed by atoms with Crippen molar-refractivity contribution in [1.82, 2.24) is 15.8 Å². The molecule has 2 aromatic rings. The number of halogens is 1. The number of carbonyl (C=O) groups excluding carboxylic acids is 1. The van der Waals surface area contributed by atoms with E-state index in [1.165, 1.54) is 0 Å². The van der Waals surface area contributed by atoms with Gasteiger partial charge in [-0.05, 0) is 47.9 Å². The van der Waals surface area contributed by atoms with Gasteiger partial charge in [0.1, 0.15) is 0 Å². The number of hydrazine groups is 1. The number of rotatable bonds is 4. The number of amides is 1. The number of nitrogens with one attached hydrogen (secondary N) is 2. The molecule has 6 nitrogen and oxygen atoms in total. The van der Waals surface area contributed by atoms with Crippen molar-refractivity contribution >= 4 is 44.7 Å². The minimum Gasteiger partial charge on any atom is -0.493 e. The van der Waals surface area contributed by atoms with Gasteiger partial charge in [-0.25, -0.2) is 4.99 Å². The van der Waals surface area contributed by atoms with Crippen molar-refractivity contribution < 1.29 is 9.53 Å². The molecule has 8 heteroatoms. The summed E-state index contributed by atoms with van der Waals surface area (Å²) in [5.41, 5.74) is 4.74. The summed E-state index contributed by atoms with van der Waals surface area (Å²) in [5.74, 6) is 1.07. The largest absolute Gasteiger partial charge is 0.493 e. The average Bonchev–Trinajstić information content (AvgIpc) is 3.31. The standard InChI is InChI=1S/C18H15BrN4O2S/c1-25-14-9-8-13(15-3-2-10-26-15)23-16(14)20-18(22-23)21-17(24)11-4-6-12(19)7-5-11/h2-10,18,22H,1H3,(H,21,24). The maximum absolute atomic E-state index is 12.5. The van der Waals surface area contributed by atoms with E-state index in [-0.39, 0.29) is 5.91 Å². The van der Waals surface area contributed by atoms with E-state index in [1.807, 2.05) is 46.8 Å². The minimum atomic E-state index is -0.582. The Morgan fingerprint density at radius 2 is 2.12 bits per heavy atom. The predicted octanol–water partition coefficient (Wildman–Crippen LogP) is 3.33. The molecular formula is C18H15BrN4O2S. The van der Waals surface area contributed by atoms with Gasteiger partial charge in [-0.15, -0.1) is 11.3 Å². The first-order valence-electron chi connectivity index (χ1n) is 7.86. The molecule has 2 aliphatic heterocycles. The zero-order valence-corrected chi connectivity index (χ0v) is 16.2. The number of hydrogen-bond acceptors (Lipinski definition) is 6. The summed E-state index contributed by atoms with van der Waals surface area (Å²) in [4.78, 5) is 18.1. The van der Waals surface area contributed by atoms with Crippen LogP contribution in [0.15, 0.2) is 69.2 Å². The molecule has 132 valence electrons. The Balaban J connectivity index is 1.56. The van der Waals surface area contributed by atoms with Crippen molar-refractivity contribution in [2.24, 2.45) is 4.99 Å². The van der Waals surface area contributed by atoms with Crippen molar-refractivity contribution in [3.63, 3.8) is 0 Å². The van der Waals surface area contributed by atoms with Crippen LogP contribution in [0.1, 0.15) is 15.2 Å². The molecule has 0 saturated heterocycles. The van der Waals surface area contributed by atoms with E-state index in [1.54, 1.807) is 30.6 Å². The van der Waals surface area contributed by atoms with Gasteiger partial charge in [-0.3, -0.25) is 9.80 Å². The molecular weight excluding hydrogens is 416 g/mol. The van der Waals surface area contributed by atoms with Gasteiger partial charge >= 0.3 is 0 Å². The minimum absolute atomic E-state index is 0.205. The van der Waals surface area contributed by atoms with Crippen LogP contribution in [0.5, 0.6) is 0 Å². The maximum atomic E-state index is 12.5. The summed E-state index contributed by atoms with van der Waals surface area (Å²) in [5, 5.41) is 6.74. The number of amidine groups is 1. The first-order chi connectivity index (χ1) is 12.7. The van der Waals surface area contributed by atoms with E-state index in [2.05, 4.69) is 31.7 Å². The van der Waals surface area contributed by atoms with Crippen molar-refractivity contribution in [2.45, 2.75) is 6.29 Å². The molecule has 26 heavy (non-hydrogen) atoms. The highest BCUT2D eigenvalue weighted by Gasteiger charge is 2.33. The van der Waals surface area contributed by atoms with E-state index in [0.717, 1.165) is 15.0 Å². The highest BCUT2D eigenvalue weighted by atomic mass is 79.9. The smallest absolute Gasteiger partial charge is 0.253 e. The van der Waals surface area contributed by atoms with E-state index in [4.69, 9.17) is 4.74 Å². The Kier molecular flexibility index (Phi) is 4.62. The van der Waals surface area contributed by atoms with Crippen LogP contribution in [0.25, 0.3) is 5.70 Å². The molecule has 0 radical (unpaired) electrons. The molecule has 1 unspecified atom stereocenters. The molecule has 2 aliphatic rings. The first-order valence-corrected chi connectivity index (χ1v) is 9.54. The van der Waals surface area contributed by atoms with Gasteiger partial charge in [0, 0.05) is 10.0 Å². The fourth-order valence-corrected chi connectivity index (χ4v) is 3.71. The molecule has 2 N–H and O–H groups in total. The van der Waals surface area contributed by atoms with Crippen LogP contribution in [-0.2, 0) is 4.74 Å². The number of ether oxygens (including phenoxy) is 1. The highest BCUT2D eigenvalue weighted by Crippen LogP contribution is 2.30. The van der Waals surface area contributed by atoms with Crippen LogP contribution in [0.2, 0.25) is 0 Å². The lowest BCUT2D eigenvalue weighted by molar-refractivity contribution is 0.0926. The lowest BCUT2D eigenvalue weighted by Crippen LogP contribution is -2.47. The Hall–Kier alpha value is -2.42. The second-order valence-electron chi connectivity index (χ2n) is 5.56. The van der Waals surface area contributed by atoms with Crippen molar-refractivity contribution in [3.05, 3.63) is 74.6 Å². The van der Waals surface area contributed by atoms with Gasteiger partial charge in [0.05, 0.1) is 17.7 Å². The van der Waals surface area contributed by atoms with E-state index in [0.29, 0.717) is 17.2 Å². The number of thiophene rings is 1. The molecule has 3 heterocycles. The molecule has 0 spiro atoms. The van der Waals surface area contributed by atoms with Crippen molar-refractivity contribution in [1.29, 1.82) is 0 Å². The summed E-state index contributed by atoms with van der Waals surface area (Å²) in [6, 6.07) is 11.2. The summed E-state index contributed by atoms with van der Waals surface area (Å²) in [7, 11) is 1.60. The molecule has 0 bridgehead atoms. The van der Waals surface area contributed by atoms with Crippen molar-refractivity contribution in [3.8, 4) is 0 Å². The van der Waals surface area contributed by atoms with Crippen LogP contribution in [0.4, 0.5) is 0 Å². The quantitative estimate of drug-likeness (QED) is 0.780. The van der Waals surface area contributed by atoms with Crippen LogP contribution < -0.4 is 10.7 Å². The highest BCUT2D eigenvalue weighted by molar-refractivity contribution is 9.10. The first kappa shape index (κ1) is 17.0. The Bertz CT molecular complexity index is 919. The van der Waals surface area contributed by atoms with E-state index < -0.39 is 6.29 Å². The average molecular weight is 431 g/mol. The van der Waals surface area contributed by atoms with E-state index >= 15 is 0 Å². The van der Waals surface area contributed by atoms with Crippen LogP contribution in [-0.4, -0.2) is 30.2 Å². The fourth-order valence-electron chi connectivity index (χ4n) is 2.70. The number of benzene rings is 1. The molecule has 0 saturated carbocycles. The number of fused-ring (bicyclic) bond motifs is 1. The van der Waals surface area contributed by atoms with Gasteiger partial charge in [0.15, 0.2) is 17.9 Å². The molecule has 1 atom stereocenters. The normalized spacial score (nSPS) is 18.6. The van der Waals surface area contributed by atoms with Gasteiger partial charge in [0.2, 0.25) is 0 Å². The molecule has 0 fully saturated rings. The molecule has 4 rings (SSSR count). The summed E-state index contributed by atoms with van der Waals surface area (Å²) >= 11 is 5.00. The monoisotopic (exact) mass is 430 g/mol. The van der Waals surface area contributed by atoms with E-state index in [9.17, 15) is 4.79 Å². The van der Waals surface area contributed by atoms with Gasteiger partial charge < -0.3 is 10.1 Å². The predicted molar refractivity (Wildman–Crippen MR) is 105 cm³/mol. The number of methoxy groups -OCH3 is 1. The lowest BCUT2D eigenvalue weighted by atomic mass is 10.2. The third-order valence-corrected chi connectivity index (χ3v) is 5.36. The SMILES string of the molecule is COC1=CC=C(c2cccs2)N2NC(NC(=O)c3ccc(Br)cc3)N=C12. The van der Waals surface area contributed by atoms with Gasteiger partial charge in [-0.2, -0.15) is 5.43 Å². The maximum Gasteiger partial charge on any atom is 0.253 e. The summed E-state index contributed by atoms with van der Waals surface area (Å²) in [6.45, 7) is 0. The third-order valence-electron chi connectivity index (χ3n) is 3.94. The summed E-state index contributed by atoms with van der Waals surface area (Å²) < 4.78 is 6.33. The number of nitrogens with zero attached hydrogens (tertiary/aromatic N) is 2. The summed E-state index contributed by atoms with van der Waals surface area (Å²) in [6.07, 6.45) is 3.27. The molecule has 1 aromatic heterocycles. The Morgan fingerprint density at radius 3 is 2.81 bits per heavy atom. The number of allylic oxidation sites excluding steroid dienone is 2. The van der Waals surface area contributed by atoms with Gasteiger partial charge in [0.25, 0.3) is 5.91 Å².